The molecule has 20 heavy (non-hydrogen) atoms. The van der Waals surface area contributed by atoms with E-state index in [-0.39, 0.29) is 16.5 Å². The molecule has 2 N–H and O–H groups in total. The highest BCUT2D eigenvalue weighted by Gasteiger charge is 2.23. The van der Waals surface area contributed by atoms with Crippen LogP contribution in [0, 0.1) is 11.8 Å². The average molecular weight is 315 g/mol. The van der Waals surface area contributed by atoms with Gasteiger partial charge in [-0.2, -0.15) is 0 Å². The minimum absolute atomic E-state index is 0.107. The van der Waals surface area contributed by atoms with E-state index in [1.807, 2.05) is 6.92 Å². The second-order valence-corrected chi connectivity index (χ2v) is 6.75. The molecule has 0 aliphatic rings. The second kappa shape index (κ2) is 7.65. The predicted octanol–water partition coefficient (Wildman–Crippen LogP) is 2.07. The minimum Gasteiger partial charge on any atom is -0.320 e. The molecular weight excluding hydrogens is 296 g/mol. The quantitative estimate of drug-likeness (QED) is 0.846. The van der Waals surface area contributed by atoms with Gasteiger partial charge in [-0.25, -0.2) is 12.7 Å². The van der Waals surface area contributed by atoms with E-state index in [0.717, 1.165) is 12.8 Å². The van der Waals surface area contributed by atoms with Crippen LogP contribution in [0.2, 0.25) is 5.02 Å². The number of benzene rings is 1. The molecule has 0 fully saturated rings. The smallest absolute Gasteiger partial charge is 0.244 e. The number of nitrogens with zero attached hydrogens (tertiary/aromatic N) is 1. The van der Waals surface area contributed by atoms with Gasteiger partial charge in [0.05, 0.1) is 11.6 Å². The zero-order chi connectivity index (χ0) is 15.2. The fraction of sp³-hybridized carbons (Fsp3) is 0.429. The van der Waals surface area contributed by atoms with Gasteiger partial charge in [0.25, 0.3) is 0 Å². The zero-order valence-corrected chi connectivity index (χ0v) is 13.3. The number of nitrogens with two attached hydrogens (primary N) is 1. The lowest BCUT2D eigenvalue weighted by Crippen LogP contribution is -2.28. The summed E-state index contributed by atoms with van der Waals surface area (Å²) in [6.45, 7) is 2.74. The molecule has 0 unspecified atom stereocenters. The van der Waals surface area contributed by atoms with Gasteiger partial charge in [0.2, 0.25) is 10.0 Å². The molecule has 1 aromatic rings. The second-order valence-electron chi connectivity index (χ2n) is 4.33. The first-order valence-electron chi connectivity index (χ1n) is 6.38. The summed E-state index contributed by atoms with van der Waals surface area (Å²) in [5, 5.41) is 0.178. The zero-order valence-electron chi connectivity index (χ0n) is 11.7. The largest absolute Gasteiger partial charge is 0.320 e. The molecule has 6 heteroatoms. The van der Waals surface area contributed by atoms with E-state index in [4.69, 9.17) is 17.3 Å². The van der Waals surface area contributed by atoms with Gasteiger partial charge in [-0.3, -0.25) is 0 Å². The third-order valence-electron chi connectivity index (χ3n) is 2.78. The van der Waals surface area contributed by atoms with Crippen LogP contribution in [0.25, 0.3) is 0 Å². The molecule has 0 amide bonds. The Morgan fingerprint density at radius 1 is 1.40 bits per heavy atom. The Kier molecular flexibility index (Phi) is 6.50. The molecule has 0 aliphatic carbocycles. The van der Waals surface area contributed by atoms with Gasteiger partial charge in [0, 0.05) is 19.2 Å². The highest BCUT2D eigenvalue weighted by molar-refractivity contribution is 7.89. The standard InChI is InChI=1S/C14H19ClN2O2S/c1-3-4-10-17(2)20(18,19)14-8-7-12(6-5-9-16)11-13(14)15/h7-8,11H,3-4,9-10,16H2,1-2H3. The number of halogens is 1. The first-order chi connectivity index (χ1) is 9.43. The van der Waals surface area contributed by atoms with Crippen molar-refractivity contribution in [2.24, 2.45) is 5.73 Å². The van der Waals surface area contributed by atoms with Gasteiger partial charge in [0.15, 0.2) is 0 Å². The molecule has 0 saturated carbocycles. The van der Waals surface area contributed by atoms with Gasteiger partial charge < -0.3 is 5.73 Å². The molecule has 0 radical (unpaired) electrons. The average Bonchev–Trinajstić information content (AvgIpc) is 2.42. The molecule has 0 aliphatic heterocycles. The summed E-state index contributed by atoms with van der Waals surface area (Å²) in [6, 6.07) is 4.67. The van der Waals surface area contributed by atoms with Crippen molar-refractivity contribution in [3.63, 3.8) is 0 Å². The van der Waals surface area contributed by atoms with E-state index in [9.17, 15) is 8.42 Å². The van der Waals surface area contributed by atoms with Gasteiger partial charge in [0.1, 0.15) is 4.90 Å². The molecule has 1 rings (SSSR count). The van der Waals surface area contributed by atoms with Crippen LogP contribution < -0.4 is 5.73 Å². The maximum absolute atomic E-state index is 12.4. The Balaban J connectivity index is 3.07. The Hall–Kier alpha value is -1.06. The minimum atomic E-state index is -3.55. The van der Waals surface area contributed by atoms with E-state index in [1.165, 1.54) is 10.4 Å². The molecule has 0 saturated heterocycles. The van der Waals surface area contributed by atoms with Crippen LogP contribution in [0.4, 0.5) is 0 Å². The van der Waals surface area contributed by atoms with Crippen LogP contribution in [-0.4, -0.2) is 32.9 Å². The number of hydrogen-bond acceptors (Lipinski definition) is 3. The van der Waals surface area contributed by atoms with Gasteiger partial charge >= 0.3 is 0 Å². The van der Waals surface area contributed by atoms with Gasteiger partial charge in [-0.1, -0.05) is 36.8 Å². The number of hydrogen-bond donors (Lipinski definition) is 1. The Morgan fingerprint density at radius 2 is 2.10 bits per heavy atom. The molecule has 0 heterocycles. The third kappa shape index (κ3) is 4.22. The van der Waals surface area contributed by atoms with E-state index in [1.54, 1.807) is 19.2 Å². The molecule has 110 valence electrons. The van der Waals surface area contributed by atoms with Crippen LogP contribution in [0.1, 0.15) is 25.3 Å². The maximum Gasteiger partial charge on any atom is 0.244 e. The summed E-state index contributed by atoms with van der Waals surface area (Å²) in [4.78, 5) is 0.107. The number of rotatable bonds is 5. The Labute approximate surface area is 126 Å². The maximum atomic E-state index is 12.4. The first-order valence-corrected chi connectivity index (χ1v) is 8.20. The summed E-state index contributed by atoms with van der Waals surface area (Å²) < 4.78 is 26.1. The van der Waals surface area contributed by atoms with Crippen molar-refractivity contribution in [3.8, 4) is 11.8 Å². The lowest BCUT2D eigenvalue weighted by molar-refractivity contribution is 0.459. The lowest BCUT2D eigenvalue weighted by atomic mass is 10.2. The van der Waals surface area contributed by atoms with Gasteiger partial charge in [-0.05, 0) is 24.6 Å². The van der Waals surface area contributed by atoms with E-state index >= 15 is 0 Å². The SMILES string of the molecule is CCCCN(C)S(=O)(=O)c1ccc(C#CCN)cc1Cl. The van der Waals surface area contributed by atoms with Crippen molar-refractivity contribution in [2.45, 2.75) is 24.7 Å². The molecule has 1 aromatic carbocycles. The van der Waals surface area contributed by atoms with Crippen LogP contribution >= 0.6 is 11.6 Å². The third-order valence-corrected chi connectivity index (χ3v) is 5.12. The molecule has 0 aromatic heterocycles. The van der Waals surface area contributed by atoms with Crippen molar-refractivity contribution in [2.75, 3.05) is 20.1 Å². The van der Waals surface area contributed by atoms with Crippen LogP contribution in [0.3, 0.4) is 0 Å². The highest BCUT2D eigenvalue weighted by atomic mass is 35.5. The number of unbranched alkanes of at least 4 members (excludes halogenated alkanes) is 1. The fourth-order valence-corrected chi connectivity index (χ4v) is 3.33. The van der Waals surface area contributed by atoms with Crippen molar-refractivity contribution < 1.29 is 8.42 Å². The van der Waals surface area contributed by atoms with Crippen LogP contribution in [0.5, 0.6) is 0 Å². The van der Waals surface area contributed by atoms with E-state index in [2.05, 4.69) is 11.8 Å². The lowest BCUT2D eigenvalue weighted by Gasteiger charge is -2.17. The highest BCUT2D eigenvalue weighted by Crippen LogP contribution is 2.25. The molecule has 0 bridgehead atoms. The summed E-state index contributed by atoms with van der Waals surface area (Å²) in [5.74, 6) is 5.52. The first kappa shape index (κ1) is 17.0. The number of sulfonamides is 1. The van der Waals surface area contributed by atoms with Crippen molar-refractivity contribution in [1.82, 2.24) is 4.31 Å². The molecule has 0 atom stereocenters. The summed E-state index contributed by atoms with van der Waals surface area (Å²) in [7, 11) is -1.99. The summed E-state index contributed by atoms with van der Waals surface area (Å²) in [5.41, 5.74) is 5.94. The van der Waals surface area contributed by atoms with E-state index < -0.39 is 10.0 Å². The normalized spacial score (nSPS) is 11.2. The molecule has 4 nitrogen and oxygen atoms in total. The van der Waals surface area contributed by atoms with Crippen LogP contribution in [-0.2, 0) is 10.0 Å². The monoisotopic (exact) mass is 314 g/mol. The van der Waals surface area contributed by atoms with Crippen molar-refractivity contribution in [3.05, 3.63) is 28.8 Å². The Bertz CT molecular complexity index is 618. The summed E-state index contributed by atoms with van der Waals surface area (Å²) >= 11 is 6.07. The van der Waals surface area contributed by atoms with Crippen LogP contribution in [0.15, 0.2) is 23.1 Å². The summed E-state index contributed by atoms with van der Waals surface area (Å²) in [6.07, 6.45) is 1.74. The van der Waals surface area contributed by atoms with E-state index in [0.29, 0.717) is 12.1 Å². The fourth-order valence-electron chi connectivity index (χ4n) is 1.61. The topological polar surface area (TPSA) is 63.4 Å². The molecule has 0 spiro atoms. The Morgan fingerprint density at radius 3 is 2.65 bits per heavy atom. The van der Waals surface area contributed by atoms with Gasteiger partial charge in [-0.15, -0.1) is 0 Å². The molecular formula is C14H19ClN2O2S. The van der Waals surface area contributed by atoms with Crippen molar-refractivity contribution in [1.29, 1.82) is 0 Å². The predicted molar refractivity (Wildman–Crippen MR) is 82.1 cm³/mol. The van der Waals surface area contributed by atoms with Crippen molar-refractivity contribution >= 4 is 21.6 Å².